The van der Waals surface area contributed by atoms with Crippen LogP contribution in [-0.4, -0.2) is 48.5 Å². The molecule has 8 heteroatoms. The minimum atomic E-state index is -0.384. The smallest absolute Gasteiger partial charge is 0.309 e. The van der Waals surface area contributed by atoms with E-state index in [-0.39, 0.29) is 22.5 Å². The van der Waals surface area contributed by atoms with Crippen molar-refractivity contribution in [3.63, 3.8) is 0 Å². The van der Waals surface area contributed by atoms with Crippen molar-refractivity contribution in [3.05, 3.63) is 39.9 Å². The normalized spacial score (nSPS) is 15.8. The molecule has 1 fully saturated rings. The SMILES string of the molecule is CCOC(=O)C1CCN(C(=NC)NCc2ccccc2[N+](=O)[O-])CC1. The summed E-state index contributed by atoms with van der Waals surface area (Å²) in [5, 5.41) is 14.3. The molecule has 136 valence electrons. The van der Waals surface area contributed by atoms with Gasteiger partial charge in [-0.1, -0.05) is 18.2 Å². The third-order valence-electron chi connectivity index (χ3n) is 4.25. The molecule has 0 aromatic heterocycles. The Hall–Kier alpha value is -2.64. The molecule has 0 radical (unpaired) electrons. The first-order valence-electron chi connectivity index (χ1n) is 8.41. The van der Waals surface area contributed by atoms with Gasteiger partial charge in [-0.2, -0.15) is 0 Å². The standard InChI is InChI=1S/C17H24N4O4/c1-3-25-16(22)13-8-10-20(11-9-13)17(18-2)19-12-14-6-4-5-7-15(14)21(23)24/h4-7,13H,3,8-12H2,1-2H3,(H,18,19). The van der Waals surface area contributed by atoms with Crippen molar-refractivity contribution in [2.75, 3.05) is 26.7 Å². The second kappa shape index (κ2) is 9.00. The molecule has 25 heavy (non-hydrogen) atoms. The van der Waals surface area contributed by atoms with Crippen molar-refractivity contribution < 1.29 is 14.5 Å². The van der Waals surface area contributed by atoms with Gasteiger partial charge in [0.15, 0.2) is 5.96 Å². The number of nitro benzene ring substituents is 1. The maximum Gasteiger partial charge on any atom is 0.309 e. The zero-order valence-corrected chi connectivity index (χ0v) is 14.6. The predicted molar refractivity (Wildman–Crippen MR) is 94.2 cm³/mol. The first kappa shape index (κ1) is 18.7. The molecule has 0 atom stereocenters. The van der Waals surface area contributed by atoms with E-state index in [2.05, 4.69) is 15.2 Å². The molecule has 1 aliphatic rings. The number of guanidine groups is 1. The quantitative estimate of drug-likeness (QED) is 0.287. The van der Waals surface area contributed by atoms with Gasteiger partial charge in [-0.3, -0.25) is 19.9 Å². The Bertz CT molecular complexity index is 639. The third kappa shape index (κ3) is 4.91. The van der Waals surface area contributed by atoms with Crippen LogP contribution in [-0.2, 0) is 16.1 Å². The van der Waals surface area contributed by atoms with Gasteiger partial charge in [0.1, 0.15) is 0 Å². The number of ether oxygens (including phenoxy) is 1. The minimum Gasteiger partial charge on any atom is -0.466 e. The van der Waals surface area contributed by atoms with E-state index in [0.717, 1.165) is 0 Å². The number of carbonyl (C=O) groups is 1. The average Bonchev–Trinajstić information content (AvgIpc) is 2.63. The van der Waals surface area contributed by atoms with Gasteiger partial charge in [-0.05, 0) is 19.8 Å². The van der Waals surface area contributed by atoms with Gasteiger partial charge in [0.2, 0.25) is 0 Å². The van der Waals surface area contributed by atoms with E-state index in [9.17, 15) is 14.9 Å². The van der Waals surface area contributed by atoms with Crippen molar-refractivity contribution in [1.82, 2.24) is 10.2 Å². The second-order valence-electron chi connectivity index (χ2n) is 5.80. The van der Waals surface area contributed by atoms with Gasteiger partial charge < -0.3 is 15.0 Å². The van der Waals surface area contributed by atoms with Gasteiger partial charge in [0.25, 0.3) is 5.69 Å². The Kier molecular flexibility index (Phi) is 6.73. The number of piperidine rings is 1. The van der Waals surface area contributed by atoms with E-state index >= 15 is 0 Å². The Labute approximate surface area is 147 Å². The number of nitro groups is 1. The summed E-state index contributed by atoms with van der Waals surface area (Å²) in [4.78, 5) is 28.8. The number of nitrogens with one attached hydrogen (secondary N) is 1. The summed E-state index contributed by atoms with van der Waals surface area (Å²) in [7, 11) is 1.68. The molecule has 0 saturated carbocycles. The van der Waals surface area contributed by atoms with E-state index in [1.807, 2.05) is 6.92 Å². The van der Waals surface area contributed by atoms with Gasteiger partial charge in [0.05, 0.1) is 17.4 Å². The van der Waals surface area contributed by atoms with Crippen LogP contribution in [0.2, 0.25) is 0 Å². The molecule has 1 aromatic rings. The summed E-state index contributed by atoms with van der Waals surface area (Å²) in [6.07, 6.45) is 1.43. The third-order valence-corrected chi connectivity index (χ3v) is 4.25. The molecular weight excluding hydrogens is 324 g/mol. The Morgan fingerprint density at radius 3 is 2.68 bits per heavy atom. The molecule has 0 bridgehead atoms. The molecule has 1 aliphatic heterocycles. The van der Waals surface area contributed by atoms with Crippen molar-refractivity contribution in [2.24, 2.45) is 10.9 Å². The highest BCUT2D eigenvalue weighted by Crippen LogP contribution is 2.20. The lowest BCUT2D eigenvalue weighted by Gasteiger charge is -2.33. The van der Waals surface area contributed by atoms with Gasteiger partial charge in [-0.15, -0.1) is 0 Å². The lowest BCUT2D eigenvalue weighted by atomic mass is 9.97. The fraction of sp³-hybridized carbons (Fsp3) is 0.529. The van der Waals surface area contributed by atoms with E-state index in [0.29, 0.717) is 50.6 Å². The molecule has 1 saturated heterocycles. The zero-order valence-electron chi connectivity index (χ0n) is 14.6. The molecule has 2 rings (SSSR count). The summed E-state index contributed by atoms with van der Waals surface area (Å²) in [6, 6.07) is 6.64. The summed E-state index contributed by atoms with van der Waals surface area (Å²) >= 11 is 0. The fourth-order valence-corrected chi connectivity index (χ4v) is 2.93. The van der Waals surface area contributed by atoms with E-state index in [1.165, 1.54) is 6.07 Å². The number of aliphatic imine (C=N–C) groups is 1. The fourth-order valence-electron chi connectivity index (χ4n) is 2.93. The number of nitrogens with zero attached hydrogens (tertiary/aromatic N) is 3. The van der Waals surface area contributed by atoms with Crippen molar-refractivity contribution in [3.8, 4) is 0 Å². The van der Waals surface area contributed by atoms with Crippen molar-refractivity contribution in [1.29, 1.82) is 0 Å². The number of rotatable bonds is 5. The molecule has 0 aliphatic carbocycles. The number of hydrogen-bond acceptors (Lipinski definition) is 5. The maximum atomic E-state index is 11.8. The van der Waals surface area contributed by atoms with Crippen LogP contribution in [0.1, 0.15) is 25.3 Å². The van der Waals surface area contributed by atoms with Crippen LogP contribution in [0.4, 0.5) is 5.69 Å². The zero-order chi connectivity index (χ0) is 18.2. The predicted octanol–water partition coefficient (Wildman–Crippen LogP) is 1.95. The van der Waals surface area contributed by atoms with Gasteiger partial charge >= 0.3 is 5.97 Å². The monoisotopic (exact) mass is 348 g/mol. The molecule has 1 N–H and O–H groups in total. The number of likely N-dealkylation sites (tertiary alicyclic amines) is 1. The van der Waals surface area contributed by atoms with Crippen LogP contribution in [0.5, 0.6) is 0 Å². The summed E-state index contributed by atoms with van der Waals surface area (Å²) < 4.78 is 5.08. The number of para-hydroxylation sites is 1. The Morgan fingerprint density at radius 2 is 2.08 bits per heavy atom. The Morgan fingerprint density at radius 1 is 1.40 bits per heavy atom. The average molecular weight is 348 g/mol. The molecule has 0 spiro atoms. The van der Waals surface area contributed by atoms with E-state index < -0.39 is 0 Å². The molecule has 8 nitrogen and oxygen atoms in total. The molecule has 1 aromatic carbocycles. The highest BCUT2D eigenvalue weighted by atomic mass is 16.6. The first-order chi connectivity index (χ1) is 12.1. The van der Waals surface area contributed by atoms with E-state index in [1.54, 1.807) is 25.2 Å². The second-order valence-corrected chi connectivity index (χ2v) is 5.80. The largest absolute Gasteiger partial charge is 0.466 e. The number of hydrogen-bond donors (Lipinski definition) is 1. The van der Waals surface area contributed by atoms with E-state index in [4.69, 9.17) is 4.74 Å². The molecule has 0 unspecified atom stereocenters. The number of benzene rings is 1. The van der Waals surface area contributed by atoms with Crippen LogP contribution in [0.25, 0.3) is 0 Å². The van der Waals surface area contributed by atoms with Gasteiger partial charge in [0, 0.05) is 38.3 Å². The van der Waals surface area contributed by atoms with Crippen LogP contribution in [0, 0.1) is 16.0 Å². The summed E-state index contributed by atoms with van der Waals surface area (Å²) in [5.74, 6) is 0.481. The number of carbonyl (C=O) groups excluding carboxylic acids is 1. The lowest BCUT2D eigenvalue weighted by Crippen LogP contribution is -2.46. The number of esters is 1. The topological polar surface area (TPSA) is 97.1 Å². The van der Waals surface area contributed by atoms with Crippen LogP contribution in [0.3, 0.4) is 0 Å². The molecule has 1 heterocycles. The highest BCUT2D eigenvalue weighted by molar-refractivity contribution is 5.80. The highest BCUT2D eigenvalue weighted by Gasteiger charge is 2.27. The molecule has 0 amide bonds. The van der Waals surface area contributed by atoms with Crippen molar-refractivity contribution >= 4 is 17.6 Å². The first-order valence-corrected chi connectivity index (χ1v) is 8.41. The summed E-state index contributed by atoms with van der Waals surface area (Å²) in [6.45, 7) is 3.92. The van der Waals surface area contributed by atoms with Crippen molar-refractivity contribution in [2.45, 2.75) is 26.3 Å². The van der Waals surface area contributed by atoms with Crippen LogP contribution in [0.15, 0.2) is 29.3 Å². The molecular formula is C17H24N4O4. The lowest BCUT2D eigenvalue weighted by molar-refractivity contribution is -0.385. The summed E-state index contributed by atoms with van der Waals surface area (Å²) in [5.41, 5.74) is 0.696. The van der Waals surface area contributed by atoms with Crippen LogP contribution >= 0.6 is 0 Å². The minimum absolute atomic E-state index is 0.0653. The maximum absolute atomic E-state index is 11.8. The van der Waals surface area contributed by atoms with Crippen LogP contribution < -0.4 is 5.32 Å². The van der Waals surface area contributed by atoms with Gasteiger partial charge in [-0.25, -0.2) is 0 Å². The Balaban J connectivity index is 1.92.